The van der Waals surface area contributed by atoms with Crippen LogP contribution in [0, 0.1) is 39.4 Å². The summed E-state index contributed by atoms with van der Waals surface area (Å²) in [5.41, 5.74) is 2.69. The van der Waals surface area contributed by atoms with Crippen LogP contribution in [0.2, 0.25) is 0 Å². The second-order valence-electron chi connectivity index (χ2n) is 13.1. The second kappa shape index (κ2) is 8.40. The fourth-order valence-electron chi connectivity index (χ4n) is 9.01. The van der Waals surface area contributed by atoms with Gasteiger partial charge in [-0.3, -0.25) is 4.79 Å². The fraction of sp³-hybridized carbons (Fsp3) is 0.767. The van der Waals surface area contributed by atoms with E-state index in [4.69, 9.17) is 4.74 Å². The van der Waals surface area contributed by atoms with Crippen molar-refractivity contribution in [3.05, 3.63) is 35.5 Å². The first-order chi connectivity index (χ1) is 15.4. The maximum absolute atomic E-state index is 12.6. The zero-order valence-electron chi connectivity index (χ0n) is 22.0. The summed E-state index contributed by atoms with van der Waals surface area (Å²) in [6.07, 6.45) is 15.9. The van der Waals surface area contributed by atoms with Crippen molar-refractivity contribution in [2.45, 2.75) is 99.5 Å². The Kier molecular flexibility index (Phi) is 6.30. The van der Waals surface area contributed by atoms with Gasteiger partial charge in [0.05, 0.1) is 19.1 Å². The molecular weight excluding hydrogens is 408 g/mol. The van der Waals surface area contributed by atoms with Crippen molar-refractivity contribution >= 4 is 5.97 Å². The Balaban J connectivity index is 1.72. The molecule has 1 aliphatic heterocycles. The Morgan fingerprint density at radius 3 is 2.36 bits per heavy atom. The normalized spacial score (nSPS) is 45.0. The van der Waals surface area contributed by atoms with Crippen LogP contribution in [0.3, 0.4) is 0 Å². The van der Waals surface area contributed by atoms with Crippen molar-refractivity contribution in [3.63, 3.8) is 0 Å². The predicted octanol–water partition coefficient (Wildman–Crippen LogP) is 7.02. The van der Waals surface area contributed by atoms with Crippen LogP contribution < -0.4 is 0 Å². The molecule has 3 aliphatic carbocycles. The first kappa shape index (κ1) is 24.8. The molecule has 3 nitrogen and oxygen atoms in total. The molecule has 0 amide bonds. The van der Waals surface area contributed by atoms with Gasteiger partial charge in [-0.2, -0.15) is 0 Å². The first-order valence-electron chi connectivity index (χ1n) is 13.2. The van der Waals surface area contributed by atoms with Crippen LogP contribution in [-0.4, -0.2) is 23.8 Å². The van der Waals surface area contributed by atoms with Gasteiger partial charge in [0.25, 0.3) is 0 Å². The highest BCUT2D eigenvalue weighted by Crippen LogP contribution is 2.73. The molecule has 33 heavy (non-hydrogen) atoms. The van der Waals surface area contributed by atoms with Gasteiger partial charge in [0.2, 0.25) is 0 Å². The molecule has 1 spiro atoms. The molecule has 0 aromatic carbocycles. The number of allylic oxidation sites excluding steroid dienone is 6. The van der Waals surface area contributed by atoms with Gasteiger partial charge >= 0.3 is 5.97 Å². The van der Waals surface area contributed by atoms with Gasteiger partial charge in [-0.25, -0.2) is 0 Å². The number of hydrogen-bond donors (Lipinski definition) is 1. The van der Waals surface area contributed by atoms with E-state index in [0.717, 1.165) is 32.1 Å². The predicted molar refractivity (Wildman–Crippen MR) is 135 cm³/mol. The van der Waals surface area contributed by atoms with Crippen LogP contribution in [0.5, 0.6) is 0 Å². The lowest BCUT2D eigenvalue weighted by Gasteiger charge is -2.69. The summed E-state index contributed by atoms with van der Waals surface area (Å²) in [5, 5.41) is 10.9. The number of aliphatic hydroxyl groups excluding tert-OH is 1. The van der Waals surface area contributed by atoms with Gasteiger partial charge in [0.15, 0.2) is 0 Å². The van der Waals surface area contributed by atoms with E-state index in [1.54, 1.807) is 0 Å². The molecular formula is C30H46O3. The molecule has 3 saturated carbocycles. The summed E-state index contributed by atoms with van der Waals surface area (Å²) >= 11 is 0. The molecule has 1 N–H and O–H groups in total. The molecule has 0 unspecified atom stereocenters. The van der Waals surface area contributed by atoms with Crippen molar-refractivity contribution in [1.29, 1.82) is 0 Å². The number of carbonyl (C=O) groups is 1. The molecule has 1 saturated heterocycles. The minimum Gasteiger partial charge on any atom is -0.465 e. The highest BCUT2D eigenvalue weighted by molar-refractivity contribution is 5.73. The number of carbonyl (C=O) groups excluding carboxylic acids is 1. The largest absolute Gasteiger partial charge is 0.465 e. The molecule has 0 radical (unpaired) electrons. The van der Waals surface area contributed by atoms with E-state index in [1.807, 2.05) is 0 Å². The highest BCUT2D eigenvalue weighted by Gasteiger charge is 2.69. The van der Waals surface area contributed by atoms with Crippen molar-refractivity contribution in [3.8, 4) is 0 Å². The van der Waals surface area contributed by atoms with Crippen LogP contribution in [0.1, 0.15) is 93.4 Å². The number of esters is 1. The Morgan fingerprint density at radius 2 is 1.73 bits per heavy atom. The maximum atomic E-state index is 12.6. The Morgan fingerprint density at radius 1 is 1.00 bits per heavy atom. The molecule has 0 aromatic heterocycles. The van der Waals surface area contributed by atoms with Crippen molar-refractivity contribution < 1.29 is 14.6 Å². The van der Waals surface area contributed by atoms with Gasteiger partial charge < -0.3 is 9.84 Å². The zero-order chi connectivity index (χ0) is 24.2. The van der Waals surface area contributed by atoms with E-state index in [0.29, 0.717) is 30.8 Å². The van der Waals surface area contributed by atoms with E-state index in [-0.39, 0.29) is 33.7 Å². The average molecular weight is 455 g/mol. The summed E-state index contributed by atoms with van der Waals surface area (Å²) in [7, 11) is 0. The van der Waals surface area contributed by atoms with E-state index in [2.05, 4.69) is 72.8 Å². The molecule has 4 fully saturated rings. The molecule has 0 aromatic rings. The molecule has 0 bridgehead atoms. The quantitative estimate of drug-likeness (QED) is 0.368. The molecule has 4 rings (SSSR count). The van der Waals surface area contributed by atoms with Crippen molar-refractivity contribution in [2.75, 3.05) is 6.61 Å². The lowest BCUT2D eigenvalue weighted by Crippen LogP contribution is -2.65. The number of hydrogen-bond acceptors (Lipinski definition) is 3. The van der Waals surface area contributed by atoms with Gasteiger partial charge in [0.1, 0.15) is 0 Å². The summed E-state index contributed by atoms with van der Waals surface area (Å²) in [4.78, 5) is 12.6. The van der Waals surface area contributed by atoms with E-state index < -0.39 is 0 Å². The third-order valence-electron chi connectivity index (χ3n) is 10.8. The number of ether oxygens (including phenoxy) is 1. The van der Waals surface area contributed by atoms with Gasteiger partial charge in [-0.1, -0.05) is 63.1 Å². The SMILES string of the molecule is CC(C)=C/C=C/C(C)=C/[C@H]1CC[C@@H]2[C@@]3(C)CC[C@H](O)C(C)(C)[C@H]3CC[C@@]2(C)[C@@]12COC(=O)C2. The van der Waals surface area contributed by atoms with E-state index >= 15 is 0 Å². The fourth-order valence-corrected chi connectivity index (χ4v) is 9.01. The van der Waals surface area contributed by atoms with E-state index in [1.165, 1.54) is 17.6 Å². The smallest absolute Gasteiger partial charge is 0.306 e. The summed E-state index contributed by atoms with van der Waals surface area (Å²) in [6, 6.07) is 0. The zero-order valence-corrected chi connectivity index (χ0v) is 22.0. The average Bonchev–Trinajstić information content (AvgIpc) is 3.11. The number of cyclic esters (lactones) is 1. The number of aliphatic hydroxyl groups is 1. The second-order valence-corrected chi connectivity index (χ2v) is 13.1. The van der Waals surface area contributed by atoms with Crippen molar-refractivity contribution in [2.24, 2.45) is 39.4 Å². The summed E-state index contributed by atoms with van der Waals surface area (Å²) < 4.78 is 5.78. The van der Waals surface area contributed by atoms with Crippen molar-refractivity contribution in [1.82, 2.24) is 0 Å². The van der Waals surface area contributed by atoms with Crippen LogP contribution in [0.15, 0.2) is 35.5 Å². The summed E-state index contributed by atoms with van der Waals surface area (Å²) in [6.45, 7) is 16.6. The number of rotatable bonds is 3. The molecule has 4 aliphatic rings. The third kappa shape index (κ3) is 3.77. The number of fused-ring (bicyclic) bond motifs is 4. The van der Waals surface area contributed by atoms with Crippen LogP contribution >= 0.6 is 0 Å². The maximum Gasteiger partial charge on any atom is 0.306 e. The molecule has 1 heterocycles. The third-order valence-corrected chi connectivity index (χ3v) is 10.8. The molecule has 7 atom stereocenters. The van der Waals surface area contributed by atoms with Crippen LogP contribution in [0.25, 0.3) is 0 Å². The Labute approximate surface area is 201 Å². The first-order valence-corrected chi connectivity index (χ1v) is 13.2. The topological polar surface area (TPSA) is 46.5 Å². The summed E-state index contributed by atoms with van der Waals surface area (Å²) in [5.74, 6) is 1.45. The standard InChI is InChI=1S/C30H46O3/c1-20(2)9-8-10-21(3)17-22-11-12-24-28(6)15-14-25(31)27(4,5)23(28)13-16-29(24,7)30(22)18-26(32)33-19-30/h8-10,17,22-25,31H,11-16,18-19H2,1-7H3/b10-8+,21-17+/t22-,23-,24-,25+,28+,29-,30+/m1/s1. The van der Waals surface area contributed by atoms with Gasteiger partial charge in [-0.05, 0) is 93.3 Å². The van der Waals surface area contributed by atoms with E-state index in [9.17, 15) is 9.90 Å². The monoisotopic (exact) mass is 454 g/mol. The Hall–Kier alpha value is -1.35. The lowest BCUT2D eigenvalue weighted by atomic mass is 9.35. The van der Waals surface area contributed by atoms with Crippen LogP contribution in [-0.2, 0) is 9.53 Å². The molecule has 3 heteroatoms. The Bertz CT molecular complexity index is 875. The lowest BCUT2D eigenvalue weighted by molar-refractivity contribution is -0.222. The van der Waals surface area contributed by atoms with Gasteiger partial charge in [-0.15, -0.1) is 0 Å². The van der Waals surface area contributed by atoms with Gasteiger partial charge in [0, 0.05) is 5.41 Å². The minimum absolute atomic E-state index is 0.0142. The van der Waals surface area contributed by atoms with Crippen LogP contribution in [0.4, 0.5) is 0 Å². The highest BCUT2D eigenvalue weighted by atomic mass is 16.5. The molecule has 184 valence electrons. The minimum atomic E-state index is -0.209.